The van der Waals surface area contributed by atoms with Crippen LogP contribution >= 0.6 is 0 Å². The van der Waals surface area contributed by atoms with Gasteiger partial charge in [0.25, 0.3) is 0 Å². The Morgan fingerprint density at radius 2 is 1.95 bits per heavy atom. The molecule has 2 rings (SSSR count). The van der Waals surface area contributed by atoms with Crippen molar-refractivity contribution >= 4 is 17.3 Å². The van der Waals surface area contributed by atoms with Gasteiger partial charge in [0.15, 0.2) is 0 Å². The zero-order chi connectivity index (χ0) is 15.4. The monoisotopic (exact) mass is 290 g/mol. The minimum absolute atomic E-state index is 0.0525. The van der Waals surface area contributed by atoms with Crippen molar-refractivity contribution in [3.05, 3.63) is 23.8 Å². The first-order chi connectivity index (χ1) is 10.0. The van der Waals surface area contributed by atoms with Crippen molar-refractivity contribution in [2.75, 3.05) is 24.7 Å². The zero-order valence-corrected chi connectivity index (χ0v) is 13.3. The van der Waals surface area contributed by atoms with Gasteiger partial charge < -0.3 is 15.4 Å². The molecule has 0 bridgehead atoms. The third-order valence-electron chi connectivity index (χ3n) is 4.37. The largest absolute Gasteiger partial charge is 0.459 e. The molecule has 0 saturated heterocycles. The molecule has 4 heteroatoms. The lowest BCUT2D eigenvalue weighted by Crippen LogP contribution is -2.25. The summed E-state index contributed by atoms with van der Waals surface area (Å²) in [5, 5.41) is 0. The van der Waals surface area contributed by atoms with Crippen molar-refractivity contribution in [1.29, 1.82) is 0 Å². The maximum Gasteiger partial charge on any atom is 0.340 e. The lowest BCUT2D eigenvalue weighted by atomic mass is 9.86. The summed E-state index contributed by atoms with van der Waals surface area (Å²) in [6.45, 7) is 2.23. The van der Waals surface area contributed by atoms with Crippen molar-refractivity contribution < 1.29 is 9.53 Å². The highest BCUT2D eigenvalue weighted by Gasteiger charge is 2.24. The molecule has 0 aliphatic heterocycles. The number of ether oxygens (including phenoxy) is 1. The first kappa shape index (κ1) is 15.7. The first-order valence-electron chi connectivity index (χ1n) is 7.79. The van der Waals surface area contributed by atoms with E-state index in [1.54, 1.807) is 12.1 Å². The highest BCUT2D eigenvalue weighted by Crippen LogP contribution is 2.30. The summed E-state index contributed by atoms with van der Waals surface area (Å²) in [7, 11) is 3.82. The summed E-state index contributed by atoms with van der Waals surface area (Å²) in [5.41, 5.74) is 7.79. The number of rotatable bonds is 4. The number of benzene rings is 1. The second kappa shape index (κ2) is 6.83. The number of esters is 1. The average Bonchev–Trinajstić information content (AvgIpc) is 2.47. The first-order valence-corrected chi connectivity index (χ1v) is 7.79. The molecule has 1 aromatic rings. The van der Waals surface area contributed by atoms with E-state index in [0.717, 1.165) is 37.3 Å². The average molecular weight is 290 g/mol. The van der Waals surface area contributed by atoms with Crippen molar-refractivity contribution in [1.82, 2.24) is 0 Å². The van der Waals surface area contributed by atoms with Crippen LogP contribution in [0, 0.1) is 5.92 Å². The quantitative estimate of drug-likeness (QED) is 0.681. The number of carbonyl (C=O) groups is 1. The van der Waals surface area contributed by atoms with E-state index < -0.39 is 0 Å². The third-order valence-corrected chi connectivity index (χ3v) is 4.37. The van der Waals surface area contributed by atoms with Crippen LogP contribution in [0.4, 0.5) is 11.4 Å². The lowest BCUT2D eigenvalue weighted by molar-refractivity contribution is 0.0165. The Hall–Kier alpha value is -1.71. The van der Waals surface area contributed by atoms with Gasteiger partial charge >= 0.3 is 5.97 Å². The van der Waals surface area contributed by atoms with Crippen LogP contribution in [0.2, 0.25) is 0 Å². The smallest absolute Gasteiger partial charge is 0.340 e. The highest BCUT2D eigenvalue weighted by molar-refractivity contribution is 5.97. The molecule has 0 heterocycles. The van der Waals surface area contributed by atoms with Gasteiger partial charge in [-0.2, -0.15) is 0 Å². The molecule has 4 nitrogen and oxygen atoms in total. The minimum atomic E-state index is -0.258. The van der Waals surface area contributed by atoms with Crippen molar-refractivity contribution in [3.63, 3.8) is 0 Å². The van der Waals surface area contributed by atoms with Gasteiger partial charge in [-0.1, -0.05) is 13.3 Å². The van der Waals surface area contributed by atoms with E-state index in [-0.39, 0.29) is 12.1 Å². The van der Waals surface area contributed by atoms with Crippen molar-refractivity contribution in [2.24, 2.45) is 5.92 Å². The van der Waals surface area contributed by atoms with Crippen LogP contribution in [-0.2, 0) is 4.74 Å². The molecule has 0 unspecified atom stereocenters. The number of hydrogen-bond donors (Lipinski definition) is 1. The van der Waals surface area contributed by atoms with E-state index in [9.17, 15) is 4.79 Å². The Morgan fingerprint density at radius 3 is 2.52 bits per heavy atom. The summed E-state index contributed by atoms with van der Waals surface area (Å²) < 4.78 is 5.69. The molecule has 0 amide bonds. The van der Waals surface area contributed by atoms with E-state index in [0.29, 0.717) is 11.3 Å². The topological polar surface area (TPSA) is 55.6 Å². The van der Waals surface area contributed by atoms with E-state index in [1.165, 1.54) is 6.42 Å². The van der Waals surface area contributed by atoms with Gasteiger partial charge in [0, 0.05) is 19.8 Å². The Labute approximate surface area is 127 Å². The zero-order valence-electron chi connectivity index (χ0n) is 13.3. The fourth-order valence-corrected chi connectivity index (χ4v) is 2.98. The molecule has 0 radical (unpaired) electrons. The summed E-state index contributed by atoms with van der Waals surface area (Å²) in [6, 6.07) is 5.37. The Bertz CT molecular complexity index is 492. The normalized spacial score (nSPS) is 21.9. The highest BCUT2D eigenvalue weighted by atomic mass is 16.5. The molecule has 1 fully saturated rings. The molecule has 116 valence electrons. The Balaban J connectivity index is 2.05. The number of carbonyl (C=O) groups excluding carboxylic acids is 1. The third kappa shape index (κ3) is 3.90. The van der Waals surface area contributed by atoms with Gasteiger partial charge in [0.1, 0.15) is 6.10 Å². The van der Waals surface area contributed by atoms with E-state index in [2.05, 4.69) is 6.92 Å². The second-order valence-electron chi connectivity index (χ2n) is 6.13. The molecule has 1 aliphatic carbocycles. The van der Waals surface area contributed by atoms with Gasteiger partial charge in [0.05, 0.1) is 11.3 Å². The van der Waals surface area contributed by atoms with Crippen LogP contribution in [0.25, 0.3) is 0 Å². The fraction of sp³-hybridized carbons (Fsp3) is 0.588. The van der Waals surface area contributed by atoms with Crippen LogP contribution < -0.4 is 10.6 Å². The van der Waals surface area contributed by atoms with E-state index >= 15 is 0 Å². The molecule has 1 aromatic carbocycles. The Morgan fingerprint density at radius 1 is 1.29 bits per heavy atom. The van der Waals surface area contributed by atoms with Crippen molar-refractivity contribution in [3.8, 4) is 0 Å². The van der Waals surface area contributed by atoms with Crippen LogP contribution in [0.5, 0.6) is 0 Å². The van der Waals surface area contributed by atoms with Gasteiger partial charge in [0.2, 0.25) is 0 Å². The molecule has 0 aromatic heterocycles. The summed E-state index contributed by atoms with van der Waals surface area (Å²) in [5.74, 6) is 0.538. The summed E-state index contributed by atoms with van der Waals surface area (Å²) in [4.78, 5) is 14.3. The molecular formula is C17H26N2O2. The molecule has 0 atom stereocenters. The Kier molecular flexibility index (Phi) is 5.10. The predicted octanol–water partition coefficient (Wildman–Crippen LogP) is 3.46. The van der Waals surface area contributed by atoms with E-state index in [1.807, 2.05) is 25.1 Å². The molecule has 2 N–H and O–H groups in total. The van der Waals surface area contributed by atoms with Gasteiger partial charge in [-0.15, -0.1) is 0 Å². The lowest BCUT2D eigenvalue weighted by Gasteiger charge is -2.28. The molecule has 1 saturated carbocycles. The number of anilines is 2. The number of nitrogens with two attached hydrogens (primary N) is 1. The predicted molar refractivity (Wildman–Crippen MR) is 86.6 cm³/mol. The van der Waals surface area contributed by atoms with Gasteiger partial charge in [-0.25, -0.2) is 4.79 Å². The summed E-state index contributed by atoms with van der Waals surface area (Å²) in [6.07, 6.45) is 5.54. The van der Waals surface area contributed by atoms with Crippen LogP contribution in [0.3, 0.4) is 0 Å². The molecule has 0 spiro atoms. The molecule has 21 heavy (non-hydrogen) atoms. The van der Waals surface area contributed by atoms with Gasteiger partial charge in [-0.3, -0.25) is 0 Å². The standard InChI is InChI=1S/C17H26N2O2/c1-4-12-5-8-14(9-6-12)21-17(20)15-11-13(18)7-10-16(15)19(2)3/h7,10-12,14H,4-6,8-9,18H2,1-3H3. The minimum Gasteiger partial charge on any atom is -0.459 e. The molecular weight excluding hydrogens is 264 g/mol. The van der Waals surface area contributed by atoms with Crippen molar-refractivity contribution in [2.45, 2.75) is 45.1 Å². The van der Waals surface area contributed by atoms with E-state index in [4.69, 9.17) is 10.5 Å². The number of hydrogen-bond acceptors (Lipinski definition) is 4. The maximum atomic E-state index is 12.4. The number of nitrogen functional groups attached to an aromatic ring is 1. The van der Waals surface area contributed by atoms with Gasteiger partial charge in [-0.05, 0) is 49.8 Å². The van der Waals surface area contributed by atoms with Crippen LogP contribution in [-0.4, -0.2) is 26.2 Å². The second-order valence-corrected chi connectivity index (χ2v) is 6.13. The molecule has 1 aliphatic rings. The number of nitrogens with zero attached hydrogens (tertiary/aromatic N) is 1. The fourth-order valence-electron chi connectivity index (χ4n) is 2.98. The SMILES string of the molecule is CCC1CCC(OC(=O)c2cc(N)ccc2N(C)C)CC1. The van der Waals surface area contributed by atoms with Crippen LogP contribution in [0.1, 0.15) is 49.4 Å². The maximum absolute atomic E-state index is 12.4. The summed E-state index contributed by atoms with van der Waals surface area (Å²) >= 11 is 0. The van der Waals surface area contributed by atoms with Crippen LogP contribution in [0.15, 0.2) is 18.2 Å².